The molecule has 1 amide bonds. The van der Waals surface area contributed by atoms with Crippen molar-refractivity contribution in [2.45, 2.75) is 6.92 Å². The van der Waals surface area contributed by atoms with Crippen LogP contribution in [0.2, 0.25) is 0 Å². The number of piperazine rings is 1. The average Bonchev–Trinajstić information content (AvgIpc) is 2.99. The third-order valence-electron chi connectivity index (χ3n) is 4.80. The zero-order chi connectivity index (χ0) is 17.4. The van der Waals surface area contributed by atoms with Crippen LogP contribution in [-0.2, 0) is 11.8 Å². The number of amides is 1. The fourth-order valence-corrected chi connectivity index (χ4v) is 3.35. The molecule has 0 aliphatic carbocycles. The van der Waals surface area contributed by atoms with Gasteiger partial charge in [-0.1, -0.05) is 18.2 Å². The molecule has 4 rings (SSSR count). The summed E-state index contributed by atoms with van der Waals surface area (Å²) in [5.74, 6) is 1.94. The third kappa shape index (κ3) is 2.84. The summed E-state index contributed by atoms with van der Waals surface area (Å²) in [6.45, 7) is 4.72. The van der Waals surface area contributed by atoms with Gasteiger partial charge >= 0.3 is 0 Å². The molecule has 1 saturated heterocycles. The van der Waals surface area contributed by atoms with E-state index < -0.39 is 0 Å². The van der Waals surface area contributed by atoms with Gasteiger partial charge in [-0.25, -0.2) is 9.97 Å². The first-order valence-electron chi connectivity index (χ1n) is 8.53. The van der Waals surface area contributed by atoms with Gasteiger partial charge in [0.1, 0.15) is 11.5 Å². The van der Waals surface area contributed by atoms with E-state index in [1.54, 1.807) is 6.92 Å². The number of carbonyl (C=O) groups is 1. The van der Waals surface area contributed by atoms with Gasteiger partial charge in [0.25, 0.3) is 0 Å². The highest BCUT2D eigenvalue weighted by atomic mass is 16.2. The molecule has 1 aromatic carbocycles. The van der Waals surface area contributed by atoms with Crippen LogP contribution >= 0.6 is 0 Å². The molecule has 6 nitrogen and oxygen atoms in total. The van der Waals surface area contributed by atoms with E-state index in [0.717, 1.165) is 54.5 Å². The Bertz CT molecular complexity index is 924. The topological polar surface area (TPSA) is 54.3 Å². The van der Waals surface area contributed by atoms with Crippen LogP contribution in [0.5, 0.6) is 0 Å². The predicted octanol–water partition coefficient (Wildman–Crippen LogP) is 2.30. The molecule has 0 unspecified atom stereocenters. The van der Waals surface area contributed by atoms with Gasteiger partial charge in [-0.15, -0.1) is 0 Å². The van der Waals surface area contributed by atoms with Crippen molar-refractivity contribution in [1.82, 2.24) is 19.4 Å². The van der Waals surface area contributed by atoms with Crippen LogP contribution < -0.4 is 4.90 Å². The SMILES string of the molecule is CC(=O)N1CCN(c2cccc(-c3nc4ccccc4n3C)n2)CC1. The van der Waals surface area contributed by atoms with E-state index in [4.69, 9.17) is 9.97 Å². The molecule has 0 radical (unpaired) electrons. The average molecular weight is 335 g/mol. The Balaban J connectivity index is 1.63. The number of aryl methyl sites for hydroxylation is 1. The van der Waals surface area contributed by atoms with Gasteiger partial charge in [-0.2, -0.15) is 0 Å². The highest BCUT2D eigenvalue weighted by Gasteiger charge is 2.20. The van der Waals surface area contributed by atoms with Crippen LogP contribution in [0.3, 0.4) is 0 Å². The number of hydrogen-bond acceptors (Lipinski definition) is 4. The molecule has 0 bridgehead atoms. The smallest absolute Gasteiger partial charge is 0.219 e. The zero-order valence-corrected chi connectivity index (χ0v) is 14.5. The molecule has 6 heteroatoms. The summed E-state index contributed by atoms with van der Waals surface area (Å²) in [5, 5.41) is 0. The van der Waals surface area contributed by atoms with Crippen LogP contribution in [0.1, 0.15) is 6.92 Å². The standard InChI is InChI=1S/C19H21N5O/c1-14(25)23-10-12-24(13-11-23)18-9-5-7-16(20-18)19-21-15-6-3-4-8-17(15)22(19)2/h3-9H,10-13H2,1-2H3. The molecule has 2 aromatic heterocycles. The molecule has 3 heterocycles. The molecule has 0 spiro atoms. The lowest BCUT2D eigenvalue weighted by molar-refractivity contribution is -0.129. The highest BCUT2D eigenvalue weighted by Crippen LogP contribution is 2.24. The number of para-hydroxylation sites is 2. The summed E-state index contributed by atoms with van der Waals surface area (Å²) in [7, 11) is 2.02. The number of pyridine rings is 1. The number of carbonyl (C=O) groups excluding carboxylic acids is 1. The van der Waals surface area contributed by atoms with E-state index in [2.05, 4.69) is 15.5 Å². The first-order valence-corrected chi connectivity index (χ1v) is 8.53. The number of benzene rings is 1. The number of fused-ring (bicyclic) bond motifs is 1. The maximum atomic E-state index is 11.5. The first-order chi connectivity index (χ1) is 12.1. The van der Waals surface area contributed by atoms with Gasteiger partial charge in [0.05, 0.1) is 11.0 Å². The minimum absolute atomic E-state index is 0.140. The van der Waals surface area contributed by atoms with E-state index in [9.17, 15) is 4.79 Å². The molecule has 3 aromatic rings. The van der Waals surface area contributed by atoms with Gasteiger partial charge in [0.2, 0.25) is 5.91 Å². The van der Waals surface area contributed by atoms with Crippen molar-refractivity contribution in [3.8, 4) is 11.5 Å². The Labute approximate surface area is 146 Å². The maximum absolute atomic E-state index is 11.5. The van der Waals surface area contributed by atoms with Crippen LogP contribution in [-0.4, -0.2) is 51.5 Å². The zero-order valence-electron chi connectivity index (χ0n) is 14.5. The Morgan fingerprint density at radius 2 is 1.72 bits per heavy atom. The number of nitrogens with zero attached hydrogens (tertiary/aromatic N) is 5. The number of hydrogen-bond donors (Lipinski definition) is 0. The lowest BCUT2D eigenvalue weighted by atomic mass is 10.2. The van der Waals surface area contributed by atoms with E-state index >= 15 is 0 Å². The monoisotopic (exact) mass is 335 g/mol. The number of rotatable bonds is 2. The van der Waals surface area contributed by atoms with Crippen molar-refractivity contribution in [3.05, 3.63) is 42.5 Å². The molecular weight excluding hydrogens is 314 g/mol. The second-order valence-corrected chi connectivity index (χ2v) is 6.36. The van der Waals surface area contributed by atoms with E-state index in [0.29, 0.717) is 0 Å². The van der Waals surface area contributed by atoms with Crippen molar-refractivity contribution in [2.75, 3.05) is 31.1 Å². The second-order valence-electron chi connectivity index (χ2n) is 6.36. The van der Waals surface area contributed by atoms with Gasteiger partial charge in [0.15, 0.2) is 5.82 Å². The van der Waals surface area contributed by atoms with Crippen LogP contribution in [0.15, 0.2) is 42.5 Å². The maximum Gasteiger partial charge on any atom is 0.219 e. The quantitative estimate of drug-likeness (QED) is 0.721. The number of imidazole rings is 1. The van der Waals surface area contributed by atoms with E-state index in [1.165, 1.54) is 0 Å². The lowest BCUT2D eigenvalue weighted by Gasteiger charge is -2.35. The summed E-state index contributed by atoms with van der Waals surface area (Å²) >= 11 is 0. The molecule has 25 heavy (non-hydrogen) atoms. The van der Waals surface area contributed by atoms with Gasteiger partial charge in [-0.05, 0) is 24.3 Å². The van der Waals surface area contributed by atoms with Crippen LogP contribution in [0.25, 0.3) is 22.6 Å². The highest BCUT2D eigenvalue weighted by molar-refractivity contribution is 5.80. The largest absolute Gasteiger partial charge is 0.353 e. The normalized spacial score (nSPS) is 15.0. The fraction of sp³-hybridized carbons (Fsp3) is 0.316. The van der Waals surface area contributed by atoms with Crippen molar-refractivity contribution in [3.63, 3.8) is 0 Å². The number of aromatic nitrogens is 3. The minimum atomic E-state index is 0.140. The number of anilines is 1. The summed E-state index contributed by atoms with van der Waals surface area (Å²) in [4.78, 5) is 25.2. The van der Waals surface area contributed by atoms with Crippen molar-refractivity contribution in [1.29, 1.82) is 0 Å². The third-order valence-corrected chi connectivity index (χ3v) is 4.80. The van der Waals surface area contributed by atoms with Gasteiger partial charge in [0, 0.05) is 40.2 Å². The molecule has 0 N–H and O–H groups in total. The Kier molecular flexibility index (Phi) is 3.87. The molecule has 128 valence electrons. The van der Waals surface area contributed by atoms with E-state index in [-0.39, 0.29) is 5.91 Å². The fourth-order valence-electron chi connectivity index (χ4n) is 3.35. The van der Waals surface area contributed by atoms with Crippen LogP contribution in [0, 0.1) is 0 Å². The molecular formula is C19H21N5O. The van der Waals surface area contributed by atoms with E-state index in [1.807, 2.05) is 48.3 Å². The molecule has 1 fully saturated rings. The Morgan fingerprint density at radius 3 is 2.44 bits per heavy atom. The molecule has 1 aliphatic rings. The van der Waals surface area contributed by atoms with Crippen molar-refractivity contribution >= 4 is 22.8 Å². The Morgan fingerprint density at radius 1 is 0.960 bits per heavy atom. The lowest BCUT2D eigenvalue weighted by Crippen LogP contribution is -2.48. The minimum Gasteiger partial charge on any atom is -0.353 e. The second kappa shape index (κ2) is 6.20. The van der Waals surface area contributed by atoms with Crippen molar-refractivity contribution in [2.24, 2.45) is 7.05 Å². The molecule has 0 saturated carbocycles. The molecule has 1 aliphatic heterocycles. The van der Waals surface area contributed by atoms with Gasteiger partial charge in [-0.3, -0.25) is 4.79 Å². The van der Waals surface area contributed by atoms with Crippen LogP contribution in [0.4, 0.5) is 5.82 Å². The summed E-state index contributed by atoms with van der Waals surface area (Å²) in [6, 6.07) is 14.1. The summed E-state index contributed by atoms with van der Waals surface area (Å²) in [5.41, 5.74) is 2.94. The van der Waals surface area contributed by atoms with Gasteiger partial charge < -0.3 is 14.4 Å². The van der Waals surface area contributed by atoms with Crippen molar-refractivity contribution < 1.29 is 4.79 Å². The molecule has 0 atom stereocenters. The first kappa shape index (κ1) is 15.6. The Hall–Kier alpha value is -2.89. The predicted molar refractivity (Wildman–Crippen MR) is 98.4 cm³/mol. The summed E-state index contributed by atoms with van der Waals surface area (Å²) in [6.07, 6.45) is 0. The summed E-state index contributed by atoms with van der Waals surface area (Å²) < 4.78 is 2.08.